The summed E-state index contributed by atoms with van der Waals surface area (Å²) < 4.78 is 26.1. The number of halogens is 1. The van der Waals surface area contributed by atoms with Gasteiger partial charge in [0.25, 0.3) is 0 Å². The Bertz CT molecular complexity index is 904. The minimum atomic E-state index is -0.268. The van der Waals surface area contributed by atoms with Crippen LogP contribution in [-0.2, 0) is 13.0 Å². The number of hydrogen-bond acceptors (Lipinski definition) is 4. The number of nitrogens with one attached hydrogen (secondary N) is 1. The second-order valence-corrected chi connectivity index (χ2v) is 6.12. The van der Waals surface area contributed by atoms with E-state index in [1.54, 1.807) is 12.3 Å². The van der Waals surface area contributed by atoms with Crippen LogP contribution in [0.2, 0.25) is 0 Å². The Kier molecular flexibility index (Phi) is 3.73. The maximum Gasteiger partial charge on any atom is 0.224 e. The fourth-order valence-electron chi connectivity index (χ4n) is 3.31. The number of pyridine rings is 1. The maximum absolute atomic E-state index is 14.6. The van der Waals surface area contributed by atoms with Gasteiger partial charge in [-0.3, -0.25) is 0 Å². The lowest BCUT2D eigenvalue weighted by Crippen LogP contribution is -2.33. The second kappa shape index (κ2) is 5.91. The van der Waals surface area contributed by atoms with Crippen molar-refractivity contribution in [2.24, 2.45) is 0 Å². The highest BCUT2D eigenvalue weighted by Crippen LogP contribution is 2.37. The number of ether oxygens (including phenoxy) is 1. The van der Waals surface area contributed by atoms with Crippen LogP contribution in [0.25, 0.3) is 22.3 Å². The number of aromatic nitrogens is 1. The Balaban J connectivity index is 1.89. The Hall–Kier alpha value is -2.40. The summed E-state index contributed by atoms with van der Waals surface area (Å²) >= 11 is 0. The predicted molar refractivity (Wildman–Crippen MR) is 90.6 cm³/mol. The van der Waals surface area contributed by atoms with Crippen molar-refractivity contribution in [3.8, 4) is 17.2 Å². The Labute approximate surface area is 139 Å². The second-order valence-electron chi connectivity index (χ2n) is 6.12. The summed E-state index contributed by atoms with van der Waals surface area (Å²) in [4.78, 5) is 4.24. The Morgan fingerprint density at radius 3 is 3.08 bits per heavy atom. The molecule has 1 atom stereocenters. The van der Waals surface area contributed by atoms with Gasteiger partial charge in [0.15, 0.2) is 0 Å². The molecular weight excluding hydrogens is 307 g/mol. The van der Waals surface area contributed by atoms with E-state index in [0.717, 1.165) is 17.4 Å². The van der Waals surface area contributed by atoms with Crippen LogP contribution in [0.1, 0.15) is 25.0 Å². The van der Waals surface area contributed by atoms with E-state index in [1.165, 1.54) is 11.6 Å². The number of nitrogens with zero attached hydrogens (tertiary/aromatic N) is 1. The molecule has 3 aromatic rings. The molecule has 4 nitrogen and oxygen atoms in total. The van der Waals surface area contributed by atoms with E-state index in [2.05, 4.69) is 17.2 Å². The van der Waals surface area contributed by atoms with E-state index >= 15 is 0 Å². The lowest BCUT2D eigenvalue weighted by molar-refractivity contribution is 0.331. The predicted octanol–water partition coefficient (Wildman–Crippen LogP) is 4.07. The van der Waals surface area contributed by atoms with E-state index < -0.39 is 0 Å². The molecule has 0 amide bonds. The van der Waals surface area contributed by atoms with Gasteiger partial charge in [-0.25, -0.2) is 9.37 Å². The highest BCUT2D eigenvalue weighted by atomic mass is 19.1. The first-order chi connectivity index (χ1) is 11.7. The molecule has 1 aliphatic rings. The normalized spacial score (nSPS) is 17.0. The highest BCUT2D eigenvalue weighted by molar-refractivity contribution is 5.87. The number of hydrogen-bond donors (Lipinski definition) is 1. The van der Waals surface area contributed by atoms with Gasteiger partial charge in [-0.2, -0.15) is 0 Å². The molecule has 0 bridgehead atoms. The number of fused-ring (bicyclic) bond motifs is 2. The highest BCUT2D eigenvalue weighted by Gasteiger charge is 2.23. The van der Waals surface area contributed by atoms with Crippen molar-refractivity contribution >= 4 is 11.0 Å². The first kappa shape index (κ1) is 15.1. The van der Waals surface area contributed by atoms with Gasteiger partial charge < -0.3 is 14.5 Å². The number of furan rings is 1. The zero-order valence-electron chi connectivity index (χ0n) is 13.7. The van der Waals surface area contributed by atoms with E-state index in [9.17, 15) is 4.39 Å². The standard InChI is InChI=1S/C19H19FN2O2/c1-3-23-19-13-9-17(24-16(13)6-7-21-19)18-14-10-22-11(2)8-12(14)4-5-15(18)20/h4-7,9,11,22H,3,8,10H2,1-2H3. The summed E-state index contributed by atoms with van der Waals surface area (Å²) in [6.45, 7) is 5.19. The molecule has 0 spiro atoms. The number of benzene rings is 1. The molecule has 3 heterocycles. The third-order valence-electron chi connectivity index (χ3n) is 4.45. The average molecular weight is 326 g/mol. The van der Waals surface area contributed by atoms with Crippen LogP contribution < -0.4 is 10.1 Å². The minimum absolute atomic E-state index is 0.268. The summed E-state index contributed by atoms with van der Waals surface area (Å²) in [6.07, 6.45) is 2.52. The summed E-state index contributed by atoms with van der Waals surface area (Å²) in [5.41, 5.74) is 3.32. The smallest absolute Gasteiger partial charge is 0.224 e. The SMILES string of the molecule is CCOc1nccc2oc(-c3c(F)ccc4c3CNC(C)C4)cc12. The van der Waals surface area contributed by atoms with Crippen molar-refractivity contribution < 1.29 is 13.5 Å². The Morgan fingerprint density at radius 1 is 1.38 bits per heavy atom. The van der Waals surface area contributed by atoms with Crippen LogP contribution in [-0.4, -0.2) is 17.6 Å². The van der Waals surface area contributed by atoms with Gasteiger partial charge in [0.05, 0.1) is 17.6 Å². The van der Waals surface area contributed by atoms with E-state index in [1.807, 2.05) is 19.1 Å². The molecular formula is C19H19FN2O2. The van der Waals surface area contributed by atoms with E-state index in [4.69, 9.17) is 9.15 Å². The van der Waals surface area contributed by atoms with Crippen molar-refractivity contribution in [2.75, 3.05) is 6.61 Å². The van der Waals surface area contributed by atoms with Gasteiger partial charge in [-0.05, 0) is 43.5 Å². The van der Waals surface area contributed by atoms with Gasteiger partial charge in [0.2, 0.25) is 5.88 Å². The molecule has 1 N–H and O–H groups in total. The molecule has 2 aromatic heterocycles. The molecule has 24 heavy (non-hydrogen) atoms. The number of rotatable bonds is 3. The van der Waals surface area contributed by atoms with Crippen molar-refractivity contribution in [1.29, 1.82) is 0 Å². The summed E-state index contributed by atoms with van der Waals surface area (Å²) in [7, 11) is 0. The lowest BCUT2D eigenvalue weighted by Gasteiger charge is -2.25. The summed E-state index contributed by atoms with van der Waals surface area (Å²) in [5.74, 6) is 0.765. The zero-order chi connectivity index (χ0) is 16.7. The third-order valence-corrected chi connectivity index (χ3v) is 4.45. The third kappa shape index (κ3) is 2.45. The van der Waals surface area contributed by atoms with E-state index in [-0.39, 0.29) is 5.82 Å². The van der Waals surface area contributed by atoms with Crippen molar-refractivity contribution in [3.63, 3.8) is 0 Å². The van der Waals surface area contributed by atoms with E-state index in [0.29, 0.717) is 42.0 Å². The Morgan fingerprint density at radius 2 is 2.25 bits per heavy atom. The molecule has 1 unspecified atom stereocenters. The van der Waals surface area contributed by atoms with Crippen molar-refractivity contribution in [2.45, 2.75) is 32.9 Å². The van der Waals surface area contributed by atoms with Crippen molar-refractivity contribution in [3.05, 3.63) is 47.4 Å². The lowest BCUT2D eigenvalue weighted by atomic mass is 9.91. The molecule has 124 valence electrons. The van der Waals surface area contributed by atoms with Gasteiger partial charge in [0.1, 0.15) is 17.2 Å². The van der Waals surface area contributed by atoms with Crippen LogP contribution in [0.3, 0.4) is 0 Å². The van der Waals surface area contributed by atoms with Crippen LogP contribution in [0.15, 0.2) is 34.9 Å². The zero-order valence-corrected chi connectivity index (χ0v) is 13.7. The topological polar surface area (TPSA) is 47.3 Å². The minimum Gasteiger partial charge on any atom is -0.477 e. The van der Waals surface area contributed by atoms with Gasteiger partial charge in [-0.1, -0.05) is 6.07 Å². The largest absolute Gasteiger partial charge is 0.477 e. The molecule has 0 fully saturated rings. The molecule has 0 saturated heterocycles. The first-order valence-corrected chi connectivity index (χ1v) is 8.22. The first-order valence-electron chi connectivity index (χ1n) is 8.22. The quantitative estimate of drug-likeness (QED) is 0.788. The summed E-state index contributed by atoms with van der Waals surface area (Å²) in [5, 5.41) is 4.16. The van der Waals surface area contributed by atoms with Crippen LogP contribution >= 0.6 is 0 Å². The molecule has 4 rings (SSSR count). The monoisotopic (exact) mass is 326 g/mol. The average Bonchev–Trinajstić information content (AvgIpc) is 3.00. The fraction of sp³-hybridized carbons (Fsp3) is 0.316. The molecule has 0 aliphatic carbocycles. The van der Waals surface area contributed by atoms with Crippen LogP contribution in [0.4, 0.5) is 4.39 Å². The fourth-order valence-corrected chi connectivity index (χ4v) is 3.31. The molecule has 0 saturated carbocycles. The van der Waals surface area contributed by atoms with Gasteiger partial charge in [0, 0.05) is 24.8 Å². The van der Waals surface area contributed by atoms with Crippen LogP contribution in [0.5, 0.6) is 5.88 Å². The molecule has 0 radical (unpaired) electrons. The van der Waals surface area contributed by atoms with Crippen molar-refractivity contribution in [1.82, 2.24) is 10.3 Å². The maximum atomic E-state index is 14.6. The summed E-state index contributed by atoms with van der Waals surface area (Å²) in [6, 6.07) is 7.39. The molecule has 5 heteroatoms. The van der Waals surface area contributed by atoms with Gasteiger partial charge in [-0.15, -0.1) is 0 Å². The molecule has 1 aromatic carbocycles. The van der Waals surface area contributed by atoms with Gasteiger partial charge >= 0.3 is 0 Å². The van der Waals surface area contributed by atoms with Crippen LogP contribution in [0, 0.1) is 5.82 Å². The molecule has 1 aliphatic heterocycles.